The average molecular weight is 332 g/mol. The zero-order chi connectivity index (χ0) is 16.2. The van der Waals surface area contributed by atoms with Crippen LogP contribution in [0.4, 0.5) is 8.78 Å². The zero-order valence-corrected chi connectivity index (χ0v) is 12.9. The van der Waals surface area contributed by atoms with E-state index >= 15 is 0 Å². The van der Waals surface area contributed by atoms with Gasteiger partial charge in [-0.2, -0.15) is 0 Å². The van der Waals surface area contributed by atoms with E-state index in [1.54, 1.807) is 24.3 Å². The van der Waals surface area contributed by atoms with Crippen LogP contribution in [0.1, 0.15) is 24.8 Å². The summed E-state index contributed by atoms with van der Waals surface area (Å²) in [6, 6.07) is 7.97. The number of fused-ring (bicyclic) bond motifs is 1. The second-order valence-corrected chi connectivity index (χ2v) is 6.42. The third-order valence-corrected chi connectivity index (χ3v) is 4.80. The van der Waals surface area contributed by atoms with Crippen molar-refractivity contribution in [2.24, 2.45) is 0 Å². The Labute approximate surface area is 136 Å². The quantitative estimate of drug-likeness (QED) is 0.603. The molecule has 0 aliphatic heterocycles. The molecular weight excluding hydrogens is 318 g/mol. The Morgan fingerprint density at radius 3 is 2.39 bits per heavy atom. The minimum atomic E-state index is -0.786. The number of nitrogens with one attached hydrogen (secondary N) is 2. The summed E-state index contributed by atoms with van der Waals surface area (Å²) < 4.78 is 29.2. The van der Waals surface area contributed by atoms with Gasteiger partial charge in [0.25, 0.3) is 0 Å². The van der Waals surface area contributed by atoms with Gasteiger partial charge < -0.3 is 15.1 Å². The normalized spacial score (nSPS) is 16.5. The maximum atomic E-state index is 14.7. The molecule has 1 aliphatic carbocycles. The van der Waals surface area contributed by atoms with Gasteiger partial charge >= 0.3 is 0 Å². The highest BCUT2D eigenvalue weighted by Crippen LogP contribution is 2.41. The lowest BCUT2D eigenvalue weighted by atomic mass is 9.75. The Morgan fingerprint density at radius 2 is 1.78 bits per heavy atom. The van der Waals surface area contributed by atoms with Crippen LogP contribution < -0.4 is 0 Å². The Hall–Kier alpha value is -2.05. The molecule has 23 heavy (non-hydrogen) atoms. The topological polar surface area (TPSA) is 51.8 Å². The summed E-state index contributed by atoms with van der Waals surface area (Å²) in [7, 11) is 0. The average Bonchev–Trinajstić information content (AvgIpc) is 2.86. The van der Waals surface area contributed by atoms with Gasteiger partial charge in [-0.1, -0.05) is 24.3 Å². The van der Waals surface area contributed by atoms with Crippen LogP contribution in [0.2, 0.25) is 0 Å². The van der Waals surface area contributed by atoms with Crippen LogP contribution in [0.15, 0.2) is 30.3 Å². The third-order valence-electron chi connectivity index (χ3n) is 4.60. The largest absolute Gasteiger partial charge is 0.385 e. The van der Waals surface area contributed by atoms with Crippen molar-refractivity contribution in [2.45, 2.75) is 24.9 Å². The lowest BCUT2D eigenvalue weighted by Gasteiger charge is -2.37. The highest BCUT2D eigenvalue weighted by molar-refractivity contribution is 7.71. The van der Waals surface area contributed by atoms with Crippen molar-refractivity contribution in [3.63, 3.8) is 0 Å². The van der Waals surface area contributed by atoms with E-state index in [9.17, 15) is 13.9 Å². The van der Waals surface area contributed by atoms with Crippen molar-refractivity contribution in [1.29, 1.82) is 0 Å². The van der Waals surface area contributed by atoms with Gasteiger partial charge in [0.2, 0.25) is 0 Å². The molecule has 1 saturated carbocycles. The Kier molecular flexibility index (Phi) is 3.14. The highest BCUT2D eigenvalue weighted by atomic mass is 32.1. The summed E-state index contributed by atoms with van der Waals surface area (Å²) >= 11 is 4.93. The molecule has 0 spiro atoms. The number of benzene rings is 2. The van der Waals surface area contributed by atoms with Gasteiger partial charge in [0.05, 0.1) is 16.7 Å². The lowest BCUT2D eigenvalue weighted by Crippen LogP contribution is -2.33. The molecule has 0 bridgehead atoms. The summed E-state index contributed by atoms with van der Waals surface area (Å²) in [6.07, 6.45) is 2.44. The first-order valence-electron chi connectivity index (χ1n) is 7.41. The fraction of sp³-hybridized carbons (Fsp3) is 0.235. The number of H-pyrrole nitrogens is 2. The summed E-state index contributed by atoms with van der Waals surface area (Å²) in [4.78, 5) is 5.40. The summed E-state index contributed by atoms with van der Waals surface area (Å²) in [5, 5.41) is 10.3. The summed E-state index contributed by atoms with van der Waals surface area (Å²) in [6.45, 7) is 0. The van der Waals surface area contributed by atoms with Crippen molar-refractivity contribution < 1.29 is 13.9 Å². The van der Waals surface area contributed by atoms with Crippen LogP contribution in [0, 0.1) is 16.4 Å². The van der Waals surface area contributed by atoms with Gasteiger partial charge in [0, 0.05) is 6.07 Å². The zero-order valence-electron chi connectivity index (χ0n) is 12.1. The summed E-state index contributed by atoms with van der Waals surface area (Å²) in [5.74, 6) is -1.34. The number of imidazole rings is 1. The number of hydrogen-bond donors (Lipinski definition) is 3. The smallest absolute Gasteiger partial charge is 0.175 e. The molecule has 0 amide bonds. The maximum absolute atomic E-state index is 14.7. The summed E-state index contributed by atoms with van der Waals surface area (Å²) in [5.41, 5.74) is 0.785. The molecule has 0 unspecified atom stereocenters. The number of halogens is 2. The van der Waals surface area contributed by atoms with Crippen LogP contribution in [-0.2, 0) is 5.60 Å². The molecule has 1 aliphatic rings. The number of hydrogen-bond acceptors (Lipinski definition) is 2. The van der Waals surface area contributed by atoms with Crippen LogP contribution in [-0.4, -0.2) is 15.1 Å². The minimum Gasteiger partial charge on any atom is -0.385 e. The second-order valence-electron chi connectivity index (χ2n) is 6.01. The fourth-order valence-corrected chi connectivity index (χ4v) is 3.33. The molecular formula is C17H14F2N2OS. The molecule has 1 fully saturated rings. The van der Waals surface area contributed by atoms with Crippen LogP contribution in [0.3, 0.4) is 0 Å². The van der Waals surface area contributed by atoms with Gasteiger partial charge in [-0.25, -0.2) is 8.78 Å². The number of aromatic nitrogens is 2. The van der Waals surface area contributed by atoms with E-state index in [2.05, 4.69) is 9.97 Å². The number of aliphatic hydroxyl groups is 1. The third kappa shape index (κ3) is 2.21. The molecule has 2 aromatic carbocycles. The van der Waals surface area contributed by atoms with E-state index in [4.69, 9.17) is 12.2 Å². The van der Waals surface area contributed by atoms with E-state index in [-0.39, 0.29) is 15.9 Å². The fourth-order valence-electron chi connectivity index (χ4n) is 3.12. The Bertz CT molecular complexity index is 955. The van der Waals surface area contributed by atoms with E-state index in [0.29, 0.717) is 11.1 Å². The predicted molar refractivity (Wildman–Crippen MR) is 86.6 cm³/mol. The minimum absolute atomic E-state index is 0.102. The first kappa shape index (κ1) is 14.5. The van der Waals surface area contributed by atoms with Gasteiger partial charge in [0.1, 0.15) is 11.3 Å². The van der Waals surface area contributed by atoms with Crippen molar-refractivity contribution in [3.8, 4) is 11.1 Å². The molecule has 3 aromatic rings. The van der Waals surface area contributed by atoms with Crippen molar-refractivity contribution >= 4 is 23.3 Å². The van der Waals surface area contributed by atoms with E-state index in [0.717, 1.165) is 24.8 Å². The Morgan fingerprint density at radius 1 is 1.09 bits per heavy atom. The number of aromatic amines is 2. The van der Waals surface area contributed by atoms with Crippen LogP contribution in [0.25, 0.3) is 22.2 Å². The predicted octanol–water partition coefficient (Wildman–Crippen LogP) is 4.54. The number of rotatable bonds is 2. The molecule has 1 heterocycles. The second kappa shape index (κ2) is 4.97. The molecule has 0 saturated heterocycles. The Balaban J connectivity index is 1.84. The maximum Gasteiger partial charge on any atom is 0.175 e. The van der Waals surface area contributed by atoms with E-state index < -0.39 is 17.2 Å². The van der Waals surface area contributed by atoms with Gasteiger partial charge in [0.15, 0.2) is 10.6 Å². The SMILES string of the molecule is OC1(c2ccc(-c3c(F)cc4[nH]c(=S)[nH]c4c3F)cc2)CCC1. The molecule has 3 N–H and O–H groups in total. The molecule has 118 valence electrons. The molecule has 3 nitrogen and oxygen atoms in total. The molecule has 6 heteroatoms. The van der Waals surface area contributed by atoms with E-state index in [1.165, 1.54) is 6.07 Å². The van der Waals surface area contributed by atoms with Crippen LogP contribution >= 0.6 is 12.2 Å². The molecule has 0 atom stereocenters. The van der Waals surface area contributed by atoms with Crippen molar-refractivity contribution in [1.82, 2.24) is 9.97 Å². The molecule has 1 aromatic heterocycles. The molecule has 4 rings (SSSR count). The molecule has 0 radical (unpaired) electrons. The van der Waals surface area contributed by atoms with Gasteiger partial charge in [-0.3, -0.25) is 0 Å². The van der Waals surface area contributed by atoms with Crippen molar-refractivity contribution in [3.05, 3.63) is 52.3 Å². The monoisotopic (exact) mass is 332 g/mol. The van der Waals surface area contributed by atoms with Crippen LogP contribution in [0.5, 0.6) is 0 Å². The van der Waals surface area contributed by atoms with Gasteiger partial charge in [-0.15, -0.1) is 0 Å². The van der Waals surface area contributed by atoms with Gasteiger partial charge in [-0.05, 0) is 42.6 Å². The standard InChI is InChI=1S/C17H14F2N2OS/c18-11-8-12-15(21-16(23)20-12)14(19)13(11)9-2-4-10(5-3-9)17(22)6-1-7-17/h2-5,8,22H,1,6-7H2,(H2,20,21,23). The lowest BCUT2D eigenvalue weighted by molar-refractivity contribution is -0.0387. The highest BCUT2D eigenvalue weighted by Gasteiger charge is 2.36. The first-order valence-corrected chi connectivity index (χ1v) is 7.82. The van der Waals surface area contributed by atoms with Crippen molar-refractivity contribution in [2.75, 3.05) is 0 Å². The van der Waals surface area contributed by atoms with E-state index in [1.807, 2.05) is 0 Å². The first-order chi connectivity index (χ1) is 11.0.